The van der Waals surface area contributed by atoms with Gasteiger partial charge in [-0.1, -0.05) is 84.6 Å². The molecule has 20 heavy (non-hydrogen) atoms. The number of hydrogen-bond acceptors (Lipinski definition) is 1. The minimum absolute atomic E-state index is 0.451. The smallest absolute Gasteiger partial charge is 0.104 e. The maximum Gasteiger partial charge on any atom is 0.104 e. The van der Waals surface area contributed by atoms with Crippen LogP contribution in [0, 0.1) is 0 Å². The first-order chi connectivity index (χ1) is 9.50. The third-order valence-corrected chi connectivity index (χ3v) is 6.45. The number of aliphatic hydroxyl groups is 1. The predicted molar refractivity (Wildman–Crippen MR) is 89.7 cm³/mol. The van der Waals surface area contributed by atoms with Crippen LogP contribution in [-0.4, -0.2) is 19.3 Å². The Balaban J connectivity index is 2.44. The van der Waals surface area contributed by atoms with Crippen LogP contribution in [0.5, 0.6) is 0 Å². The van der Waals surface area contributed by atoms with Gasteiger partial charge in [0.25, 0.3) is 0 Å². The number of benzene rings is 2. The van der Waals surface area contributed by atoms with Crippen LogP contribution in [0.3, 0.4) is 0 Å². The highest BCUT2D eigenvalue weighted by molar-refractivity contribution is 6.94. The average molecular weight is 282 g/mol. The van der Waals surface area contributed by atoms with Crippen molar-refractivity contribution in [3.63, 3.8) is 0 Å². The van der Waals surface area contributed by atoms with Crippen LogP contribution in [0.2, 0.25) is 13.1 Å². The zero-order valence-corrected chi connectivity index (χ0v) is 13.4. The first-order valence-electron chi connectivity index (χ1n) is 7.02. The molecule has 1 N–H and O–H groups in total. The van der Waals surface area contributed by atoms with Crippen LogP contribution in [0.4, 0.5) is 0 Å². The lowest BCUT2D eigenvalue weighted by molar-refractivity contribution is 0.253. The highest BCUT2D eigenvalue weighted by atomic mass is 28.3. The molecule has 0 saturated carbocycles. The minimum atomic E-state index is -1.71. The van der Waals surface area contributed by atoms with Crippen molar-refractivity contribution in [2.45, 2.75) is 26.1 Å². The molecule has 2 heteroatoms. The van der Waals surface area contributed by atoms with Gasteiger partial charge in [0.15, 0.2) is 0 Å². The Bertz CT molecular complexity index is 571. The van der Waals surface area contributed by atoms with E-state index < -0.39 is 14.2 Å². The quantitative estimate of drug-likeness (QED) is 0.850. The largest absolute Gasteiger partial charge is 0.389 e. The highest BCUT2D eigenvalue weighted by Gasteiger charge is 2.22. The molecule has 0 aliphatic rings. The van der Waals surface area contributed by atoms with Crippen molar-refractivity contribution in [3.8, 4) is 0 Å². The van der Waals surface area contributed by atoms with Crippen LogP contribution in [0.1, 0.15) is 12.5 Å². The van der Waals surface area contributed by atoms with Crippen LogP contribution in [-0.2, 0) is 0 Å². The van der Waals surface area contributed by atoms with Crippen LogP contribution >= 0.6 is 0 Å². The molecule has 0 aliphatic heterocycles. The van der Waals surface area contributed by atoms with E-state index in [-0.39, 0.29) is 0 Å². The van der Waals surface area contributed by atoms with Gasteiger partial charge < -0.3 is 5.11 Å². The van der Waals surface area contributed by atoms with Crippen molar-refractivity contribution in [1.82, 2.24) is 0 Å². The molecule has 0 unspecified atom stereocenters. The lowest BCUT2D eigenvalue weighted by Gasteiger charge is -2.22. The zero-order chi connectivity index (χ0) is 14.6. The second kappa shape index (κ2) is 6.20. The van der Waals surface area contributed by atoms with Gasteiger partial charge in [0.05, 0.1) is 6.10 Å². The third-order valence-electron chi connectivity index (χ3n) is 3.59. The standard InChI is InChI=1S/C18H22OSi/c1-15(19)18(16-10-6-4-7-11-16)14-20(2,3)17-12-8-5-9-13-17/h4-15,19H,1-3H3/b18-14-/t15-/m0/s1. The summed E-state index contributed by atoms with van der Waals surface area (Å²) in [5.41, 5.74) is 4.45. The van der Waals surface area contributed by atoms with E-state index in [1.807, 2.05) is 31.2 Å². The Morgan fingerprint density at radius 1 is 0.950 bits per heavy atom. The molecule has 0 bridgehead atoms. The molecule has 2 rings (SSSR count). The summed E-state index contributed by atoms with van der Waals surface area (Å²) in [6, 6.07) is 20.8. The van der Waals surface area contributed by atoms with E-state index in [9.17, 15) is 5.11 Å². The Labute approximate surface area is 122 Å². The lowest BCUT2D eigenvalue weighted by atomic mass is 10.0. The number of hydrogen-bond donors (Lipinski definition) is 1. The van der Waals surface area contributed by atoms with E-state index in [2.05, 4.69) is 55.2 Å². The topological polar surface area (TPSA) is 20.2 Å². The van der Waals surface area contributed by atoms with Gasteiger partial charge in [-0.25, -0.2) is 0 Å². The monoisotopic (exact) mass is 282 g/mol. The molecule has 1 nitrogen and oxygen atoms in total. The summed E-state index contributed by atoms with van der Waals surface area (Å²) in [4.78, 5) is 0. The Kier molecular flexibility index (Phi) is 4.58. The summed E-state index contributed by atoms with van der Waals surface area (Å²) in [5, 5.41) is 11.5. The molecule has 0 aliphatic carbocycles. The summed E-state index contributed by atoms with van der Waals surface area (Å²) in [6.45, 7) is 6.47. The van der Waals surface area contributed by atoms with Gasteiger partial charge in [-0.3, -0.25) is 0 Å². The van der Waals surface area contributed by atoms with Gasteiger partial charge in [-0.05, 0) is 18.1 Å². The molecule has 0 amide bonds. The molecule has 1 atom stereocenters. The molecule has 2 aromatic carbocycles. The second-order valence-corrected chi connectivity index (χ2v) is 10.0. The van der Waals surface area contributed by atoms with Crippen molar-refractivity contribution >= 4 is 18.8 Å². The van der Waals surface area contributed by atoms with Crippen molar-refractivity contribution in [2.75, 3.05) is 0 Å². The molecule has 2 aromatic rings. The van der Waals surface area contributed by atoms with Crippen LogP contribution in [0.15, 0.2) is 66.4 Å². The van der Waals surface area contributed by atoms with E-state index in [0.29, 0.717) is 0 Å². The second-order valence-electron chi connectivity index (χ2n) is 5.73. The maximum absolute atomic E-state index is 10.1. The molecule has 0 fully saturated rings. The Morgan fingerprint density at radius 3 is 1.95 bits per heavy atom. The van der Waals surface area contributed by atoms with Gasteiger partial charge in [0, 0.05) is 0 Å². The summed E-state index contributed by atoms with van der Waals surface area (Å²) < 4.78 is 0. The lowest BCUT2D eigenvalue weighted by Crippen LogP contribution is -2.40. The maximum atomic E-state index is 10.1. The van der Waals surface area contributed by atoms with Gasteiger partial charge >= 0.3 is 0 Å². The molecule has 0 heterocycles. The number of rotatable bonds is 4. The van der Waals surface area contributed by atoms with Crippen molar-refractivity contribution in [3.05, 3.63) is 71.9 Å². The molecule has 0 aromatic heterocycles. The van der Waals surface area contributed by atoms with Gasteiger partial charge in [0.1, 0.15) is 8.07 Å². The van der Waals surface area contributed by atoms with Gasteiger partial charge in [0.2, 0.25) is 0 Å². The van der Waals surface area contributed by atoms with E-state index in [1.54, 1.807) is 0 Å². The average Bonchev–Trinajstić information content (AvgIpc) is 2.46. The summed E-state index contributed by atoms with van der Waals surface area (Å²) in [7, 11) is -1.71. The first kappa shape index (κ1) is 14.8. The fourth-order valence-corrected chi connectivity index (χ4v) is 4.82. The predicted octanol–water partition coefficient (Wildman–Crippen LogP) is 3.61. The van der Waals surface area contributed by atoms with E-state index >= 15 is 0 Å². The molecule has 104 valence electrons. The van der Waals surface area contributed by atoms with Crippen molar-refractivity contribution in [2.24, 2.45) is 0 Å². The van der Waals surface area contributed by atoms with Crippen molar-refractivity contribution < 1.29 is 5.11 Å². The van der Waals surface area contributed by atoms with Crippen molar-refractivity contribution in [1.29, 1.82) is 0 Å². The molecular formula is C18H22OSi. The van der Waals surface area contributed by atoms with E-state index in [4.69, 9.17) is 0 Å². The van der Waals surface area contributed by atoms with Gasteiger partial charge in [-0.2, -0.15) is 0 Å². The highest BCUT2D eigenvalue weighted by Crippen LogP contribution is 2.21. The fourth-order valence-electron chi connectivity index (χ4n) is 2.42. The molecule has 0 radical (unpaired) electrons. The van der Waals surface area contributed by atoms with Crippen LogP contribution in [0.25, 0.3) is 5.57 Å². The molecular weight excluding hydrogens is 260 g/mol. The minimum Gasteiger partial charge on any atom is -0.389 e. The summed E-state index contributed by atoms with van der Waals surface area (Å²) in [5.74, 6) is 0. The molecule has 0 spiro atoms. The first-order valence-corrected chi connectivity index (χ1v) is 10.1. The molecule has 0 saturated heterocycles. The number of aliphatic hydroxyl groups excluding tert-OH is 1. The summed E-state index contributed by atoms with van der Waals surface area (Å²) >= 11 is 0. The zero-order valence-electron chi connectivity index (χ0n) is 12.4. The Hall–Kier alpha value is -1.64. The van der Waals surface area contributed by atoms with Crippen LogP contribution < -0.4 is 5.19 Å². The normalized spacial score (nSPS) is 14.1. The summed E-state index contributed by atoms with van der Waals surface area (Å²) in [6.07, 6.45) is -0.451. The Morgan fingerprint density at radius 2 is 1.45 bits per heavy atom. The van der Waals surface area contributed by atoms with E-state index in [0.717, 1.165) is 11.1 Å². The van der Waals surface area contributed by atoms with Gasteiger partial charge in [-0.15, -0.1) is 0 Å². The van der Waals surface area contributed by atoms with E-state index in [1.165, 1.54) is 5.19 Å². The fraction of sp³-hybridized carbons (Fsp3) is 0.222. The SMILES string of the molecule is C[C@H](O)/C(=C/[Si](C)(C)c1ccccc1)c1ccccc1. The third kappa shape index (κ3) is 3.47.